The summed E-state index contributed by atoms with van der Waals surface area (Å²) in [6.45, 7) is 9.42. The summed E-state index contributed by atoms with van der Waals surface area (Å²) >= 11 is 6.39. The minimum Gasteiger partial charge on any atom is -0.396 e. The zero-order valence-electron chi connectivity index (χ0n) is 12.6. The first-order chi connectivity index (χ1) is 9.39. The van der Waals surface area contributed by atoms with E-state index in [-0.39, 0.29) is 12.1 Å². The Kier molecular flexibility index (Phi) is 4.95. The van der Waals surface area contributed by atoms with Gasteiger partial charge in [0.1, 0.15) is 0 Å². The van der Waals surface area contributed by atoms with Crippen LogP contribution in [0.4, 0.5) is 5.69 Å². The molecule has 1 atom stereocenters. The average molecular weight is 297 g/mol. The van der Waals surface area contributed by atoms with Crippen molar-refractivity contribution in [3.05, 3.63) is 28.8 Å². The number of nitrogens with one attached hydrogen (secondary N) is 1. The number of rotatable bonds is 4. The Balaban J connectivity index is 2.02. The van der Waals surface area contributed by atoms with Gasteiger partial charge < -0.3 is 15.3 Å². The summed E-state index contributed by atoms with van der Waals surface area (Å²) in [5.41, 5.74) is 2.37. The summed E-state index contributed by atoms with van der Waals surface area (Å²) in [6.07, 6.45) is 1.06. The van der Waals surface area contributed by atoms with E-state index < -0.39 is 0 Å². The third-order valence-corrected chi connectivity index (χ3v) is 4.11. The number of hydrogen-bond donors (Lipinski definition) is 2. The second kappa shape index (κ2) is 6.33. The van der Waals surface area contributed by atoms with Crippen LogP contribution in [0.25, 0.3) is 0 Å². The summed E-state index contributed by atoms with van der Waals surface area (Å²) in [6, 6.07) is 6.27. The largest absolute Gasteiger partial charge is 0.396 e. The molecule has 1 aliphatic heterocycles. The maximum Gasteiger partial charge on any atom is 0.0476 e. The molecule has 1 fully saturated rings. The zero-order chi connectivity index (χ0) is 14.8. The van der Waals surface area contributed by atoms with Crippen LogP contribution >= 0.6 is 11.6 Å². The first kappa shape index (κ1) is 15.6. The van der Waals surface area contributed by atoms with Crippen molar-refractivity contribution < 1.29 is 5.11 Å². The minimum absolute atomic E-state index is 0.0886. The molecule has 3 nitrogen and oxygen atoms in total. The van der Waals surface area contributed by atoms with E-state index in [0.717, 1.165) is 42.3 Å². The lowest BCUT2D eigenvalue weighted by Crippen LogP contribution is -2.35. The van der Waals surface area contributed by atoms with Gasteiger partial charge in [0.15, 0.2) is 0 Å². The van der Waals surface area contributed by atoms with Crippen LogP contribution in [0, 0.1) is 5.92 Å². The highest BCUT2D eigenvalue weighted by Gasteiger charge is 2.22. The molecule has 1 unspecified atom stereocenters. The minimum atomic E-state index is 0.0886. The van der Waals surface area contributed by atoms with E-state index in [1.54, 1.807) is 0 Å². The van der Waals surface area contributed by atoms with Gasteiger partial charge in [-0.25, -0.2) is 0 Å². The molecule has 112 valence electrons. The smallest absolute Gasteiger partial charge is 0.0476 e. The van der Waals surface area contributed by atoms with E-state index in [4.69, 9.17) is 11.6 Å². The Morgan fingerprint density at radius 2 is 2.15 bits per heavy atom. The maximum atomic E-state index is 9.21. The Hall–Kier alpha value is -0.770. The molecule has 1 aromatic carbocycles. The zero-order valence-corrected chi connectivity index (χ0v) is 13.4. The lowest BCUT2D eigenvalue weighted by Gasteiger charge is -2.22. The molecule has 2 N–H and O–H groups in total. The van der Waals surface area contributed by atoms with Crippen LogP contribution in [0.5, 0.6) is 0 Å². The van der Waals surface area contributed by atoms with Gasteiger partial charge in [-0.1, -0.05) is 17.7 Å². The van der Waals surface area contributed by atoms with Gasteiger partial charge in [-0.2, -0.15) is 0 Å². The van der Waals surface area contributed by atoms with Crippen LogP contribution in [-0.4, -0.2) is 30.3 Å². The molecular weight excluding hydrogens is 272 g/mol. The Morgan fingerprint density at radius 1 is 1.40 bits per heavy atom. The fourth-order valence-corrected chi connectivity index (χ4v) is 2.69. The summed E-state index contributed by atoms with van der Waals surface area (Å²) in [5.74, 6) is 0.399. The van der Waals surface area contributed by atoms with E-state index in [9.17, 15) is 5.11 Å². The number of benzene rings is 1. The molecule has 0 spiro atoms. The van der Waals surface area contributed by atoms with Gasteiger partial charge in [-0.3, -0.25) is 0 Å². The molecule has 20 heavy (non-hydrogen) atoms. The van der Waals surface area contributed by atoms with Gasteiger partial charge in [-0.15, -0.1) is 0 Å². The molecule has 0 aliphatic carbocycles. The van der Waals surface area contributed by atoms with Crippen molar-refractivity contribution >= 4 is 17.3 Å². The van der Waals surface area contributed by atoms with Crippen LogP contribution < -0.4 is 10.2 Å². The van der Waals surface area contributed by atoms with E-state index in [1.807, 2.05) is 6.07 Å². The molecule has 2 rings (SSSR count). The highest BCUT2D eigenvalue weighted by atomic mass is 35.5. The van der Waals surface area contributed by atoms with Crippen LogP contribution in [0.2, 0.25) is 5.02 Å². The predicted octanol–water partition coefficient (Wildman–Crippen LogP) is 3.05. The SMILES string of the molecule is CC(C)(C)NCc1ccc(N2CCC(CO)C2)cc1Cl. The van der Waals surface area contributed by atoms with E-state index in [1.165, 1.54) is 0 Å². The molecular formula is C16H25ClN2O. The Bertz CT molecular complexity index is 456. The highest BCUT2D eigenvalue weighted by molar-refractivity contribution is 6.31. The quantitative estimate of drug-likeness (QED) is 0.896. The molecule has 1 aliphatic rings. The predicted molar refractivity (Wildman–Crippen MR) is 85.5 cm³/mol. The van der Waals surface area contributed by atoms with E-state index in [0.29, 0.717) is 5.92 Å². The third kappa shape index (κ3) is 4.11. The van der Waals surface area contributed by atoms with Gasteiger partial charge in [0.2, 0.25) is 0 Å². The van der Waals surface area contributed by atoms with Crippen molar-refractivity contribution in [2.75, 3.05) is 24.6 Å². The lowest BCUT2D eigenvalue weighted by molar-refractivity contribution is 0.238. The number of hydrogen-bond acceptors (Lipinski definition) is 3. The average Bonchev–Trinajstić information content (AvgIpc) is 2.85. The van der Waals surface area contributed by atoms with Crippen molar-refractivity contribution in [2.24, 2.45) is 5.92 Å². The summed E-state index contributed by atoms with van der Waals surface area (Å²) in [4.78, 5) is 2.30. The second-order valence-electron chi connectivity index (χ2n) is 6.66. The molecule has 1 aromatic rings. The first-order valence-electron chi connectivity index (χ1n) is 7.28. The number of halogens is 1. The van der Waals surface area contributed by atoms with Crippen molar-refractivity contribution in [2.45, 2.75) is 39.3 Å². The van der Waals surface area contributed by atoms with Crippen LogP contribution in [0.1, 0.15) is 32.8 Å². The van der Waals surface area contributed by atoms with Crippen LogP contribution in [0.15, 0.2) is 18.2 Å². The molecule has 0 bridgehead atoms. The molecule has 0 aromatic heterocycles. The number of aliphatic hydroxyl groups excluding tert-OH is 1. The normalized spacial score (nSPS) is 19.6. The Morgan fingerprint density at radius 3 is 2.70 bits per heavy atom. The second-order valence-corrected chi connectivity index (χ2v) is 7.07. The van der Waals surface area contributed by atoms with Crippen molar-refractivity contribution in [1.82, 2.24) is 5.32 Å². The molecule has 0 saturated carbocycles. The topological polar surface area (TPSA) is 35.5 Å². The molecule has 0 radical (unpaired) electrons. The van der Waals surface area contributed by atoms with Crippen molar-refractivity contribution in [3.8, 4) is 0 Å². The maximum absolute atomic E-state index is 9.21. The molecule has 1 saturated heterocycles. The summed E-state index contributed by atoms with van der Waals surface area (Å²) in [7, 11) is 0. The lowest BCUT2D eigenvalue weighted by atomic mass is 10.1. The fraction of sp³-hybridized carbons (Fsp3) is 0.625. The Labute approximate surface area is 126 Å². The third-order valence-electron chi connectivity index (χ3n) is 3.76. The van der Waals surface area contributed by atoms with E-state index in [2.05, 4.69) is 43.1 Å². The number of nitrogens with zero attached hydrogens (tertiary/aromatic N) is 1. The monoisotopic (exact) mass is 296 g/mol. The van der Waals surface area contributed by atoms with Crippen LogP contribution in [0.3, 0.4) is 0 Å². The van der Waals surface area contributed by atoms with Gasteiger partial charge in [0, 0.05) is 48.4 Å². The highest BCUT2D eigenvalue weighted by Crippen LogP contribution is 2.28. The van der Waals surface area contributed by atoms with Gasteiger partial charge in [0.05, 0.1) is 0 Å². The van der Waals surface area contributed by atoms with Gasteiger partial charge in [-0.05, 0) is 44.9 Å². The standard InChI is InChI=1S/C16H25ClN2O/c1-16(2,3)18-9-13-4-5-14(8-15(13)17)19-7-6-12(10-19)11-20/h4-5,8,12,18,20H,6-7,9-11H2,1-3H3. The van der Waals surface area contributed by atoms with Crippen LogP contribution in [-0.2, 0) is 6.54 Å². The van der Waals surface area contributed by atoms with Gasteiger partial charge in [0.25, 0.3) is 0 Å². The van der Waals surface area contributed by atoms with E-state index >= 15 is 0 Å². The van der Waals surface area contributed by atoms with Gasteiger partial charge >= 0.3 is 0 Å². The summed E-state index contributed by atoms with van der Waals surface area (Å²) < 4.78 is 0. The molecule has 4 heteroatoms. The fourth-order valence-electron chi connectivity index (χ4n) is 2.45. The molecule has 0 amide bonds. The number of anilines is 1. The number of aliphatic hydroxyl groups is 1. The first-order valence-corrected chi connectivity index (χ1v) is 7.66. The van der Waals surface area contributed by atoms with Crippen molar-refractivity contribution in [1.29, 1.82) is 0 Å². The summed E-state index contributed by atoms with van der Waals surface area (Å²) in [5, 5.41) is 13.5. The molecule has 1 heterocycles. The van der Waals surface area contributed by atoms with Crippen molar-refractivity contribution in [3.63, 3.8) is 0 Å².